The zero-order valence-electron chi connectivity index (χ0n) is 9.13. The highest BCUT2D eigenvalue weighted by Gasteiger charge is 2.51. The Morgan fingerprint density at radius 3 is 2.47 bits per heavy atom. The molecule has 0 aromatic carbocycles. The first kappa shape index (κ1) is 13.7. The lowest BCUT2D eigenvalue weighted by Crippen LogP contribution is -2.49. The third kappa shape index (κ3) is 2.86. The highest BCUT2D eigenvalue weighted by molar-refractivity contribution is 5.89. The number of carbonyl (C=O) groups excluding carboxylic acids is 2. The third-order valence-corrected chi connectivity index (χ3v) is 2.52. The second-order valence-corrected chi connectivity index (χ2v) is 3.82. The standard InChI is InChI=1S/C9H12F4N2O2/c1-14-3-2-4-15(5-6(14)16)8(17)9(12,13)7(10)11/h7H,2-5H2,1H3. The maximum Gasteiger partial charge on any atom is 0.383 e. The van der Waals surface area contributed by atoms with Gasteiger partial charge in [0.15, 0.2) is 0 Å². The van der Waals surface area contributed by atoms with E-state index in [-0.39, 0.29) is 13.0 Å². The van der Waals surface area contributed by atoms with Crippen LogP contribution in [-0.2, 0) is 9.59 Å². The van der Waals surface area contributed by atoms with Gasteiger partial charge in [0, 0.05) is 20.1 Å². The Hall–Kier alpha value is -1.34. The Morgan fingerprint density at radius 2 is 1.94 bits per heavy atom. The SMILES string of the molecule is CN1CCCN(C(=O)C(F)(F)C(F)F)CC1=O. The molecule has 0 N–H and O–H groups in total. The molecular weight excluding hydrogens is 244 g/mol. The van der Waals surface area contributed by atoms with Gasteiger partial charge in [-0.05, 0) is 6.42 Å². The smallest absolute Gasteiger partial charge is 0.344 e. The predicted octanol–water partition coefficient (Wildman–Crippen LogP) is 0.577. The van der Waals surface area contributed by atoms with Gasteiger partial charge in [-0.2, -0.15) is 8.78 Å². The molecule has 0 spiro atoms. The van der Waals surface area contributed by atoms with E-state index in [0.29, 0.717) is 11.4 Å². The van der Waals surface area contributed by atoms with E-state index in [1.807, 2.05) is 0 Å². The number of rotatable bonds is 2. The lowest BCUT2D eigenvalue weighted by molar-refractivity contribution is -0.181. The van der Waals surface area contributed by atoms with Crippen molar-refractivity contribution in [2.24, 2.45) is 0 Å². The van der Waals surface area contributed by atoms with E-state index in [9.17, 15) is 27.2 Å². The van der Waals surface area contributed by atoms with Crippen molar-refractivity contribution in [2.45, 2.75) is 18.8 Å². The minimum absolute atomic E-state index is 0.128. The quantitative estimate of drug-likeness (QED) is 0.678. The van der Waals surface area contributed by atoms with Gasteiger partial charge in [0.05, 0.1) is 6.54 Å². The molecule has 1 aliphatic heterocycles. The molecule has 0 unspecified atom stereocenters. The van der Waals surface area contributed by atoms with Gasteiger partial charge in [0.25, 0.3) is 5.91 Å². The van der Waals surface area contributed by atoms with Crippen molar-refractivity contribution in [1.29, 1.82) is 0 Å². The molecule has 0 bridgehead atoms. The first-order valence-corrected chi connectivity index (χ1v) is 4.96. The second kappa shape index (κ2) is 4.89. The van der Waals surface area contributed by atoms with Crippen LogP contribution in [-0.4, -0.2) is 60.6 Å². The maximum atomic E-state index is 12.8. The molecule has 1 saturated heterocycles. The molecule has 0 aromatic heterocycles. The van der Waals surface area contributed by atoms with Gasteiger partial charge < -0.3 is 9.80 Å². The third-order valence-electron chi connectivity index (χ3n) is 2.52. The van der Waals surface area contributed by atoms with E-state index in [2.05, 4.69) is 0 Å². The van der Waals surface area contributed by atoms with Crippen molar-refractivity contribution in [3.8, 4) is 0 Å². The summed E-state index contributed by atoms with van der Waals surface area (Å²) in [5.74, 6) is -7.26. The van der Waals surface area contributed by atoms with Crippen LogP contribution in [0.2, 0.25) is 0 Å². The normalized spacial score (nSPS) is 18.6. The van der Waals surface area contributed by atoms with Gasteiger partial charge in [0.1, 0.15) is 0 Å². The molecule has 0 atom stereocenters. The van der Waals surface area contributed by atoms with Gasteiger partial charge in [-0.3, -0.25) is 9.59 Å². The van der Waals surface area contributed by atoms with E-state index >= 15 is 0 Å². The maximum absolute atomic E-state index is 12.8. The largest absolute Gasteiger partial charge is 0.383 e. The molecule has 8 heteroatoms. The minimum Gasteiger partial charge on any atom is -0.344 e. The van der Waals surface area contributed by atoms with Crippen LogP contribution in [0.15, 0.2) is 0 Å². The number of likely N-dealkylation sites (N-methyl/N-ethyl adjacent to an activating group) is 1. The average Bonchev–Trinajstić information content (AvgIpc) is 2.40. The molecule has 4 nitrogen and oxygen atoms in total. The van der Waals surface area contributed by atoms with Crippen LogP contribution >= 0.6 is 0 Å². The van der Waals surface area contributed by atoms with Gasteiger partial charge >= 0.3 is 12.3 Å². The number of alkyl halides is 4. The molecule has 1 aliphatic rings. The van der Waals surface area contributed by atoms with Crippen molar-refractivity contribution in [1.82, 2.24) is 9.80 Å². The average molecular weight is 256 g/mol. The van der Waals surface area contributed by atoms with Crippen molar-refractivity contribution in [3.63, 3.8) is 0 Å². The first-order chi connectivity index (χ1) is 7.76. The highest BCUT2D eigenvalue weighted by Crippen LogP contribution is 2.25. The highest BCUT2D eigenvalue weighted by atomic mass is 19.3. The predicted molar refractivity (Wildman–Crippen MR) is 49.8 cm³/mol. The molecule has 1 heterocycles. The van der Waals surface area contributed by atoms with Gasteiger partial charge in [-0.25, -0.2) is 8.78 Å². The molecule has 98 valence electrons. The van der Waals surface area contributed by atoms with Crippen LogP contribution in [0.4, 0.5) is 17.6 Å². The summed E-state index contributed by atoms with van der Waals surface area (Å²) in [6.45, 7) is -0.405. The molecule has 1 fully saturated rings. The summed E-state index contributed by atoms with van der Waals surface area (Å²) in [6, 6.07) is 0. The lowest BCUT2D eigenvalue weighted by atomic mass is 10.2. The summed E-state index contributed by atoms with van der Waals surface area (Å²) in [4.78, 5) is 24.3. The number of halogens is 4. The van der Waals surface area contributed by atoms with Crippen LogP contribution in [0.3, 0.4) is 0 Å². The molecule has 0 aliphatic carbocycles. The van der Waals surface area contributed by atoms with E-state index in [1.165, 1.54) is 11.9 Å². The topological polar surface area (TPSA) is 40.6 Å². The molecule has 0 aromatic rings. The van der Waals surface area contributed by atoms with Crippen molar-refractivity contribution < 1.29 is 27.2 Å². The summed E-state index contributed by atoms with van der Waals surface area (Å²) in [5.41, 5.74) is 0. The summed E-state index contributed by atoms with van der Waals surface area (Å²) in [6.07, 6.45) is -3.78. The number of nitrogens with zero attached hydrogens (tertiary/aromatic N) is 2. The number of hydrogen-bond donors (Lipinski definition) is 0. The zero-order chi connectivity index (χ0) is 13.2. The van der Waals surface area contributed by atoms with Crippen LogP contribution in [0.25, 0.3) is 0 Å². The molecule has 0 radical (unpaired) electrons. The van der Waals surface area contributed by atoms with Gasteiger partial charge in [-0.15, -0.1) is 0 Å². The van der Waals surface area contributed by atoms with Crippen LogP contribution in [0.1, 0.15) is 6.42 Å². The van der Waals surface area contributed by atoms with Crippen molar-refractivity contribution in [2.75, 3.05) is 26.7 Å². The first-order valence-electron chi connectivity index (χ1n) is 4.96. The summed E-state index contributed by atoms with van der Waals surface area (Å²) in [5, 5.41) is 0. The molecular formula is C9H12F4N2O2. The van der Waals surface area contributed by atoms with E-state index < -0.39 is 30.7 Å². The van der Waals surface area contributed by atoms with Crippen LogP contribution < -0.4 is 0 Å². The molecule has 1 rings (SSSR count). The Bertz CT molecular complexity index is 322. The van der Waals surface area contributed by atoms with E-state index in [1.54, 1.807) is 0 Å². The Labute approximate surface area is 95.2 Å². The fourth-order valence-electron chi connectivity index (χ4n) is 1.46. The minimum atomic E-state index is -4.73. The molecule has 2 amide bonds. The summed E-state index contributed by atoms with van der Waals surface area (Å²) >= 11 is 0. The lowest BCUT2D eigenvalue weighted by Gasteiger charge is -2.24. The van der Waals surface area contributed by atoms with E-state index in [0.717, 1.165) is 0 Å². The van der Waals surface area contributed by atoms with Crippen molar-refractivity contribution >= 4 is 11.8 Å². The van der Waals surface area contributed by atoms with Gasteiger partial charge in [-0.1, -0.05) is 0 Å². The Kier molecular flexibility index (Phi) is 3.94. The summed E-state index contributed by atoms with van der Waals surface area (Å²) in [7, 11) is 1.46. The Balaban J connectivity index is 2.79. The fraction of sp³-hybridized carbons (Fsp3) is 0.778. The Morgan fingerprint density at radius 1 is 1.35 bits per heavy atom. The number of amides is 2. The van der Waals surface area contributed by atoms with Gasteiger partial charge in [0.2, 0.25) is 5.91 Å². The number of carbonyl (C=O) groups is 2. The van der Waals surface area contributed by atoms with Crippen LogP contribution in [0.5, 0.6) is 0 Å². The molecule has 17 heavy (non-hydrogen) atoms. The fourth-order valence-corrected chi connectivity index (χ4v) is 1.46. The summed E-state index contributed by atoms with van der Waals surface area (Å²) < 4.78 is 49.6. The van der Waals surface area contributed by atoms with Crippen LogP contribution in [0, 0.1) is 0 Å². The molecule has 0 saturated carbocycles. The number of hydrogen-bond acceptors (Lipinski definition) is 2. The monoisotopic (exact) mass is 256 g/mol. The van der Waals surface area contributed by atoms with Crippen molar-refractivity contribution in [3.05, 3.63) is 0 Å². The second-order valence-electron chi connectivity index (χ2n) is 3.82. The van der Waals surface area contributed by atoms with E-state index in [4.69, 9.17) is 0 Å². The zero-order valence-corrected chi connectivity index (χ0v) is 9.13.